The summed E-state index contributed by atoms with van der Waals surface area (Å²) in [6, 6.07) is 12.7. The SMILES string of the molecule is Cc1ccc([C@@H](N)c2nc(-c3cc(Br)ccc3O)n[nH]2)cc1. The average Bonchev–Trinajstić information content (AvgIpc) is 2.99. The van der Waals surface area contributed by atoms with Gasteiger partial charge in [0.15, 0.2) is 5.82 Å². The molecular weight excluding hydrogens is 344 g/mol. The van der Waals surface area contributed by atoms with Crippen molar-refractivity contribution in [3.05, 3.63) is 63.9 Å². The molecule has 6 heteroatoms. The van der Waals surface area contributed by atoms with Gasteiger partial charge in [0.25, 0.3) is 0 Å². The van der Waals surface area contributed by atoms with Crippen LogP contribution in [0.15, 0.2) is 46.9 Å². The van der Waals surface area contributed by atoms with Crippen molar-refractivity contribution in [2.45, 2.75) is 13.0 Å². The van der Waals surface area contributed by atoms with Gasteiger partial charge in [-0.05, 0) is 30.7 Å². The van der Waals surface area contributed by atoms with E-state index in [4.69, 9.17) is 5.73 Å². The number of H-pyrrole nitrogens is 1. The fourth-order valence-electron chi connectivity index (χ4n) is 2.15. The first-order valence-corrected chi connectivity index (χ1v) is 7.57. The molecule has 1 heterocycles. The van der Waals surface area contributed by atoms with Crippen LogP contribution in [-0.4, -0.2) is 20.3 Å². The molecule has 112 valence electrons. The van der Waals surface area contributed by atoms with Crippen molar-refractivity contribution in [3.63, 3.8) is 0 Å². The second-order valence-electron chi connectivity index (χ2n) is 5.09. The number of aryl methyl sites for hydroxylation is 1. The quantitative estimate of drug-likeness (QED) is 0.670. The van der Waals surface area contributed by atoms with E-state index < -0.39 is 6.04 Å². The Bertz CT molecular complexity index is 798. The Morgan fingerprint density at radius 2 is 1.91 bits per heavy atom. The third-order valence-electron chi connectivity index (χ3n) is 3.43. The van der Waals surface area contributed by atoms with E-state index in [0.29, 0.717) is 17.2 Å². The molecule has 0 radical (unpaired) electrons. The minimum atomic E-state index is -0.392. The molecule has 4 N–H and O–H groups in total. The van der Waals surface area contributed by atoms with Gasteiger partial charge in [-0.2, -0.15) is 5.10 Å². The molecule has 0 amide bonds. The molecular formula is C16H15BrN4O. The Labute approximate surface area is 136 Å². The normalized spacial score (nSPS) is 12.3. The summed E-state index contributed by atoms with van der Waals surface area (Å²) >= 11 is 3.37. The fourth-order valence-corrected chi connectivity index (χ4v) is 2.51. The van der Waals surface area contributed by atoms with Gasteiger partial charge in [-0.3, -0.25) is 5.10 Å². The molecule has 0 spiro atoms. The summed E-state index contributed by atoms with van der Waals surface area (Å²) in [7, 11) is 0. The highest BCUT2D eigenvalue weighted by Crippen LogP contribution is 2.30. The third-order valence-corrected chi connectivity index (χ3v) is 3.93. The van der Waals surface area contributed by atoms with Crippen molar-refractivity contribution < 1.29 is 5.11 Å². The first-order chi connectivity index (χ1) is 10.5. The zero-order valence-electron chi connectivity index (χ0n) is 11.9. The van der Waals surface area contributed by atoms with Crippen LogP contribution in [-0.2, 0) is 0 Å². The maximum atomic E-state index is 9.94. The zero-order valence-corrected chi connectivity index (χ0v) is 13.5. The van der Waals surface area contributed by atoms with Crippen LogP contribution >= 0.6 is 15.9 Å². The highest BCUT2D eigenvalue weighted by molar-refractivity contribution is 9.10. The number of nitrogens with one attached hydrogen (secondary N) is 1. The Balaban J connectivity index is 1.93. The van der Waals surface area contributed by atoms with E-state index in [9.17, 15) is 5.11 Å². The standard InChI is InChI=1S/C16H15BrN4O/c1-9-2-4-10(5-3-9)14(18)16-19-15(20-21-16)12-8-11(17)6-7-13(12)22/h2-8,14,22H,18H2,1H3,(H,19,20,21)/t14-/m1/s1. The van der Waals surface area contributed by atoms with E-state index in [1.807, 2.05) is 31.2 Å². The van der Waals surface area contributed by atoms with Crippen LogP contribution in [0.4, 0.5) is 0 Å². The van der Waals surface area contributed by atoms with Crippen molar-refractivity contribution >= 4 is 15.9 Å². The van der Waals surface area contributed by atoms with Crippen LogP contribution in [0.2, 0.25) is 0 Å². The number of hydrogen-bond acceptors (Lipinski definition) is 4. The van der Waals surface area contributed by atoms with E-state index in [1.54, 1.807) is 18.2 Å². The van der Waals surface area contributed by atoms with Crippen molar-refractivity contribution in [1.82, 2.24) is 15.2 Å². The number of rotatable bonds is 3. The highest BCUT2D eigenvalue weighted by atomic mass is 79.9. The Morgan fingerprint density at radius 3 is 2.64 bits per heavy atom. The van der Waals surface area contributed by atoms with Gasteiger partial charge < -0.3 is 10.8 Å². The van der Waals surface area contributed by atoms with Crippen LogP contribution in [0.3, 0.4) is 0 Å². The van der Waals surface area contributed by atoms with Crippen molar-refractivity contribution in [2.75, 3.05) is 0 Å². The number of benzene rings is 2. The number of nitrogens with zero attached hydrogens (tertiary/aromatic N) is 2. The van der Waals surface area contributed by atoms with Gasteiger partial charge in [0.05, 0.1) is 11.6 Å². The molecule has 0 fully saturated rings. The predicted octanol–water partition coefficient (Wildman–Crippen LogP) is 3.30. The Hall–Kier alpha value is -2.18. The fraction of sp³-hybridized carbons (Fsp3) is 0.125. The molecule has 0 saturated carbocycles. The first kappa shape index (κ1) is 14.7. The lowest BCUT2D eigenvalue weighted by Gasteiger charge is -2.08. The summed E-state index contributed by atoms with van der Waals surface area (Å²) in [5.74, 6) is 1.09. The molecule has 3 rings (SSSR count). The summed E-state index contributed by atoms with van der Waals surface area (Å²) in [4.78, 5) is 4.41. The van der Waals surface area contributed by atoms with Crippen LogP contribution in [0.1, 0.15) is 23.0 Å². The number of aromatic nitrogens is 3. The molecule has 3 aromatic rings. The van der Waals surface area contributed by atoms with Crippen LogP contribution in [0.25, 0.3) is 11.4 Å². The lowest BCUT2D eigenvalue weighted by Crippen LogP contribution is -2.13. The van der Waals surface area contributed by atoms with Crippen LogP contribution in [0.5, 0.6) is 5.75 Å². The average molecular weight is 359 g/mol. The minimum absolute atomic E-state index is 0.123. The minimum Gasteiger partial charge on any atom is -0.507 e. The molecule has 0 bridgehead atoms. The smallest absolute Gasteiger partial charge is 0.184 e. The second kappa shape index (κ2) is 5.90. The summed E-state index contributed by atoms with van der Waals surface area (Å²) in [5.41, 5.74) is 8.89. The lowest BCUT2D eigenvalue weighted by atomic mass is 10.1. The maximum Gasteiger partial charge on any atom is 0.184 e. The molecule has 0 aliphatic rings. The molecule has 2 aromatic carbocycles. The van der Waals surface area contributed by atoms with E-state index in [-0.39, 0.29) is 5.75 Å². The summed E-state index contributed by atoms with van der Waals surface area (Å²) < 4.78 is 0.842. The van der Waals surface area contributed by atoms with E-state index >= 15 is 0 Å². The predicted molar refractivity (Wildman–Crippen MR) is 88.4 cm³/mol. The number of halogens is 1. The number of nitrogens with two attached hydrogens (primary N) is 1. The monoisotopic (exact) mass is 358 g/mol. The summed E-state index contributed by atoms with van der Waals surface area (Å²) in [6.45, 7) is 2.03. The summed E-state index contributed by atoms with van der Waals surface area (Å²) in [5, 5.41) is 16.9. The first-order valence-electron chi connectivity index (χ1n) is 6.78. The molecule has 0 aliphatic carbocycles. The topological polar surface area (TPSA) is 87.8 Å². The molecule has 1 atom stereocenters. The van der Waals surface area contributed by atoms with Gasteiger partial charge in [0, 0.05) is 4.47 Å². The van der Waals surface area contributed by atoms with Crippen molar-refractivity contribution in [3.8, 4) is 17.1 Å². The van der Waals surface area contributed by atoms with Crippen LogP contribution in [0, 0.1) is 6.92 Å². The van der Waals surface area contributed by atoms with Gasteiger partial charge in [0.1, 0.15) is 11.6 Å². The largest absolute Gasteiger partial charge is 0.507 e. The number of phenols is 1. The Kier molecular flexibility index (Phi) is 3.96. The van der Waals surface area contributed by atoms with Crippen LogP contribution < -0.4 is 5.73 Å². The van der Waals surface area contributed by atoms with E-state index in [2.05, 4.69) is 31.1 Å². The Morgan fingerprint density at radius 1 is 1.18 bits per heavy atom. The lowest BCUT2D eigenvalue weighted by molar-refractivity contribution is 0.477. The van der Waals surface area contributed by atoms with E-state index in [1.165, 1.54) is 5.56 Å². The summed E-state index contributed by atoms with van der Waals surface area (Å²) in [6.07, 6.45) is 0. The van der Waals surface area contributed by atoms with Gasteiger partial charge in [-0.15, -0.1) is 0 Å². The van der Waals surface area contributed by atoms with Gasteiger partial charge >= 0.3 is 0 Å². The second-order valence-corrected chi connectivity index (χ2v) is 6.01. The number of hydrogen-bond donors (Lipinski definition) is 3. The molecule has 1 aromatic heterocycles. The molecule has 22 heavy (non-hydrogen) atoms. The van der Waals surface area contributed by atoms with Gasteiger partial charge in [0.2, 0.25) is 0 Å². The van der Waals surface area contributed by atoms with E-state index in [0.717, 1.165) is 10.0 Å². The number of aromatic hydroxyl groups is 1. The number of aromatic amines is 1. The zero-order chi connectivity index (χ0) is 15.7. The molecule has 0 unspecified atom stereocenters. The van der Waals surface area contributed by atoms with Gasteiger partial charge in [-0.1, -0.05) is 45.8 Å². The highest BCUT2D eigenvalue weighted by Gasteiger charge is 2.16. The van der Waals surface area contributed by atoms with Crippen molar-refractivity contribution in [2.24, 2.45) is 5.73 Å². The molecule has 0 aliphatic heterocycles. The third kappa shape index (κ3) is 2.88. The molecule has 0 saturated heterocycles. The van der Waals surface area contributed by atoms with Crippen molar-refractivity contribution in [1.29, 1.82) is 0 Å². The molecule has 5 nitrogen and oxygen atoms in total. The number of phenolic OH excluding ortho intramolecular Hbond substituents is 1. The maximum absolute atomic E-state index is 9.94. The van der Waals surface area contributed by atoms with Gasteiger partial charge in [-0.25, -0.2) is 4.98 Å².